The molecule has 1 atom stereocenters. The second kappa shape index (κ2) is 9.24. The van der Waals surface area contributed by atoms with Crippen LogP contribution in [0.25, 0.3) is 16.6 Å². The van der Waals surface area contributed by atoms with E-state index < -0.39 is 0 Å². The van der Waals surface area contributed by atoms with Gasteiger partial charge in [0.2, 0.25) is 0 Å². The van der Waals surface area contributed by atoms with Gasteiger partial charge in [-0.25, -0.2) is 4.68 Å². The van der Waals surface area contributed by atoms with Gasteiger partial charge < -0.3 is 16.8 Å². The summed E-state index contributed by atoms with van der Waals surface area (Å²) in [5.41, 5.74) is 14.8. The molecule has 0 aliphatic heterocycles. The van der Waals surface area contributed by atoms with Crippen molar-refractivity contribution in [3.8, 4) is 5.69 Å². The Bertz CT molecular complexity index is 1050. The Hall–Kier alpha value is -2.96. The Kier molecular flexibility index (Phi) is 6.70. The van der Waals surface area contributed by atoms with Crippen molar-refractivity contribution in [2.75, 3.05) is 11.9 Å². The molecule has 0 saturated heterocycles. The lowest BCUT2D eigenvalue weighted by Gasteiger charge is -2.15. The number of aromatic nitrogens is 3. The molecule has 30 heavy (non-hydrogen) atoms. The van der Waals surface area contributed by atoms with Crippen LogP contribution in [0, 0.1) is 0 Å². The lowest BCUT2D eigenvalue weighted by atomic mass is 9.92. The van der Waals surface area contributed by atoms with Gasteiger partial charge in [0, 0.05) is 34.8 Å². The van der Waals surface area contributed by atoms with Gasteiger partial charge in [-0.1, -0.05) is 45.9 Å². The highest BCUT2D eigenvalue weighted by atomic mass is 15.3. The molecule has 1 aliphatic rings. The summed E-state index contributed by atoms with van der Waals surface area (Å²) in [5.74, 6) is 0.939. The molecule has 0 saturated carbocycles. The lowest BCUT2D eigenvalue weighted by Crippen LogP contribution is -2.19. The van der Waals surface area contributed by atoms with E-state index in [0.717, 1.165) is 46.8 Å². The van der Waals surface area contributed by atoms with Gasteiger partial charge in [-0.15, -0.1) is 0 Å². The van der Waals surface area contributed by atoms with Crippen LogP contribution in [0.1, 0.15) is 39.8 Å². The van der Waals surface area contributed by atoms with Gasteiger partial charge in [0.15, 0.2) is 0 Å². The van der Waals surface area contributed by atoms with E-state index in [4.69, 9.17) is 16.6 Å². The Morgan fingerprint density at radius 1 is 1.20 bits per heavy atom. The van der Waals surface area contributed by atoms with Gasteiger partial charge in [-0.05, 0) is 43.3 Å². The predicted molar refractivity (Wildman–Crippen MR) is 126 cm³/mol. The number of hydrogen-bond acceptors (Lipinski definition) is 5. The molecule has 4 rings (SSSR count). The van der Waals surface area contributed by atoms with Crippen molar-refractivity contribution < 1.29 is 0 Å². The molecule has 6 heteroatoms. The smallest absolute Gasteiger partial charge is 0.134 e. The number of benzene rings is 1. The molecule has 2 heterocycles. The minimum atomic E-state index is -0.0424. The van der Waals surface area contributed by atoms with Gasteiger partial charge >= 0.3 is 0 Å². The van der Waals surface area contributed by atoms with Crippen molar-refractivity contribution in [1.29, 1.82) is 0 Å². The SMILES string of the molecule is CC(C)(C)c1cc(NC2=CCC(N)C=C2)n(-c2ccc3ncccc3c2)n1.CCN. The number of rotatable bonds is 3. The van der Waals surface area contributed by atoms with Gasteiger partial charge in [0.1, 0.15) is 5.82 Å². The van der Waals surface area contributed by atoms with E-state index in [9.17, 15) is 0 Å². The first kappa shape index (κ1) is 21.7. The standard InChI is InChI=1S/C22H25N5.C2H7N/c1-22(2,3)20-14-21(25-17-8-6-16(23)7-9-17)27(26-20)18-10-11-19-15(13-18)5-4-12-24-19;1-2-3/h4-6,8-14,16,25H,7,23H2,1-3H3;2-3H2,1H3. The first-order valence-electron chi connectivity index (χ1n) is 10.4. The maximum atomic E-state index is 5.94. The Balaban J connectivity index is 0.000000806. The molecule has 3 aromatic rings. The van der Waals surface area contributed by atoms with Crippen LogP contribution in [0.2, 0.25) is 0 Å². The largest absolute Gasteiger partial charge is 0.340 e. The minimum absolute atomic E-state index is 0.0424. The zero-order valence-electron chi connectivity index (χ0n) is 18.3. The van der Waals surface area contributed by atoms with Gasteiger partial charge in [0.05, 0.1) is 16.9 Å². The van der Waals surface area contributed by atoms with Gasteiger partial charge in [-0.3, -0.25) is 4.98 Å². The highest BCUT2D eigenvalue weighted by Crippen LogP contribution is 2.28. The molecule has 0 fully saturated rings. The summed E-state index contributed by atoms with van der Waals surface area (Å²) in [5, 5.41) is 9.50. The first-order valence-corrected chi connectivity index (χ1v) is 10.4. The molecule has 5 N–H and O–H groups in total. The summed E-state index contributed by atoms with van der Waals surface area (Å²) in [6.45, 7) is 9.17. The molecule has 2 aromatic heterocycles. The third kappa shape index (κ3) is 5.14. The number of hydrogen-bond donors (Lipinski definition) is 3. The van der Waals surface area contributed by atoms with Crippen LogP contribution in [0.3, 0.4) is 0 Å². The van der Waals surface area contributed by atoms with Crippen LogP contribution < -0.4 is 16.8 Å². The van der Waals surface area contributed by atoms with Crippen LogP contribution in [0.15, 0.2) is 66.5 Å². The van der Waals surface area contributed by atoms with Crippen LogP contribution >= 0.6 is 0 Å². The summed E-state index contributed by atoms with van der Waals surface area (Å²) in [7, 11) is 0. The molecule has 158 valence electrons. The second-order valence-electron chi connectivity index (χ2n) is 8.41. The van der Waals surface area contributed by atoms with E-state index in [1.165, 1.54) is 0 Å². The van der Waals surface area contributed by atoms with E-state index in [1.54, 1.807) is 0 Å². The van der Waals surface area contributed by atoms with E-state index in [1.807, 2.05) is 42.1 Å². The molecule has 6 nitrogen and oxygen atoms in total. The third-order valence-corrected chi connectivity index (χ3v) is 4.71. The third-order valence-electron chi connectivity index (χ3n) is 4.71. The van der Waals surface area contributed by atoms with E-state index in [2.05, 4.69) is 61.4 Å². The maximum absolute atomic E-state index is 5.94. The predicted octanol–water partition coefficient (Wildman–Crippen LogP) is 4.27. The molecule has 0 radical (unpaired) electrons. The summed E-state index contributed by atoms with van der Waals surface area (Å²) in [6, 6.07) is 12.5. The van der Waals surface area contributed by atoms with Crippen LogP contribution in [0.5, 0.6) is 0 Å². The van der Waals surface area contributed by atoms with Crippen molar-refractivity contribution >= 4 is 16.7 Å². The summed E-state index contributed by atoms with van der Waals surface area (Å²) in [6.07, 6.45) is 8.83. The fourth-order valence-electron chi connectivity index (χ4n) is 3.11. The van der Waals surface area contributed by atoms with Crippen LogP contribution in [0.4, 0.5) is 5.82 Å². The lowest BCUT2D eigenvalue weighted by molar-refractivity contribution is 0.560. The second-order valence-corrected chi connectivity index (χ2v) is 8.41. The topological polar surface area (TPSA) is 94.8 Å². The molecule has 0 spiro atoms. The quantitative estimate of drug-likeness (QED) is 0.606. The Morgan fingerprint density at radius 3 is 2.63 bits per heavy atom. The molecule has 1 aliphatic carbocycles. The van der Waals surface area contributed by atoms with E-state index in [0.29, 0.717) is 0 Å². The average Bonchev–Trinajstić information content (AvgIpc) is 3.14. The van der Waals surface area contributed by atoms with Gasteiger partial charge in [-0.2, -0.15) is 5.10 Å². The van der Waals surface area contributed by atoms with Crippen molar-refractivity contribution in [1.82, 2.24) is 14.8 Å². The van der Waals surface area contributed by atoms with Crippen LogP contribution in [-0.2, 0) is 5.41 Å². The molecule has 0 bridgehead atoms. The highest BCUT2D eigenvalue weighted by molar-refractivity contribution is 5.80. The van der Waals surface area contributed by atoms with Crippen molar-refractivity contribution in [3.05, 3.63) is 72.2 Å². The first-order chi connectivity index (χ1) is 14.3. The number of nitrogens with one attached hydrogen (secondary N) is 1. The van der Waals surface area contributed by atoms with Crippen molar-refractivity contribution in [2.45, 2.75) is 45.6 Å². The fraction of sp³-hybridized carbons (Fsp3) is 0.333. The Morgan fingerprint density at radius 2 is 1.97 bits per heavy atom. The summed E-state index contributed by atoms with van der Waals surface area (Å²) >= 11 is 0. The maximum Gasteiger partial charge on any atom is 0.134 e. The zero-order valence-corrected chi connectivity index (χ0v) is 18.3. The monoisotopic (exact) mass is 404 g/mol. The van der Waals surface area contributed by atoms with E-state index in [-0.39, 0.29) is 11.5 Å². The average molecular weight is 405 g/mol. The zero-order chi connectivity index (χ0) is 21.7. The number of nitrogens with zero attached hydrogens (tertiary/aromatic N) is 3. The van der Waals surface area contributed by atoms with Crippen molar-refractivity contribution in [3.63, 3.8) is 0 Å². The normalized spacial score (nSPS) is 16.1. The number of nitrogens with two attached hydrogens (primary N) is 2. The molecule has 1 unspecified atom stereocenters. The number of pyridine rings is 1. The fourth-order valence-corrected chi connectivity index (χ4v) is 3.11. The number of allylic oxidation sites excluding steroid dienone is 1. The van der Waals surface area contributed by atoms with Crippen LogP contribution in [-0.4, -0.2) is 27.4 Å². The summed E-state index contributed by atoms with van der Waals surface area (Å²) in [4.78, 5) is 4.41. The van der Waals surface area contributed by atoms with E-state index >= 15 is 0 Å². The number of anilines is 1. The number of fused-ring (bicyclic) bond motifs is 1. The molecular formula is C24H32N6. The van der Waals surface area contributed by atoms with Gasteiger partial charge in [0.25, 0.3) is 0 Å². The molecule has 0 amide bonds. The minimum Gasteiger partial charge on any atom is -0.340 e. The summed E-state index contributed by atoms with van der Waals surface area (Å²) < 4.78 is 1.97. The molecular weight excluding hydrogens is 372 g/mol. The molecule has 1 aromatic carbocycles. The highest BCUT2D eigenvalue weighted by Gasteiger charge is 2.21. The Labute approximate surface area is 178 Å². The van der Waals surface area contributed by atoms with Crippen molar-refractivity contribution in [2.24, 2.45) is 11.5 Å².